The molecule has 2 atom stereocenters. The number of hydrogen-bond donors (Lipinski definition) is 0. The highest BCUT2D eigenvalue weighted by molar-refractivity contribution is 7.91. The molecule has 0 fully saturated rings. The molecule has 0 radical (unpaired) electrons. The third kappa shape index (κ3) is 11.2. The Kier molecular flexibility index (Phi) is 13.6. The van der Waals surface area contributed by atoms with E-state index in [-0.39, 0.29) is 0 Å². The van der Waals surface area contributed by atoms with E-state index in [9.17, 15) is 4.55 Å². The summed E-state index contributed by atoms with van der Waals surface area (Å²) in [5.74, 6) is 0. The fourth-order valence-electron chi connectivity index (χ4n) is 2.10. The van der Waals surface area contributed by atoms with Crippen LogP contribution in [0.25, 0.3) is 0 Å². The molecule has 0 spiro atoms. The zero-order valence-electron chi connectivity index (χ0n) is 11.8. The van der Waals surface area contributed by atoms with Crippen LogP contribution in [-0.2, 0) is 11.2 Å². The highest BCUT2D eigenvalue weighted by Gasteiger charge is 2.14. The Morgan fingerprint density at radius 3 is 2.17 bits per heavy atom. The van der Waals surface area contributed by atoms with E-state index in [2.05, 4.69) is 29.3 Å². The van der Waals surface area contributed by atoms with Gasteiger partial charge in [-0.05, 0) is 37.9 Å². The monoisotopic (exact) mass is 289 g/mol. The van der Waals surface area contributed by atoms with Crippen LogP contribution in [0.5, 0.6) is 0 Å². The van der Waals surface area contributed by atoms with Gasteiger partial charge in [-0.1, -0.05) is 50.2 Å². The van der Waals surface area contributed by atoms with Crippen molar-refractivity contribution in [2.24, 2.45) is 4.99 Å². The van der Waals surface area contributed by atoms with Crippen LogP contribution >= 0.6 is 12.2 Å². The number of unbranched alkanes of at least 4 members (excludes halogenated alkanes) is 6. The van der Waals surface area contributed by atoms with E-state index in [1.807, 2.05) is 6.26 Å². The predicted molar refractivity (Wildman–Crippen MR) is 85.0 cm³/mol. The summed E-state index contributed by atoms with van der Waals surface area (Å²) in [6.07, 6.45) is 12.8. The van der Waals surface area contributed by atoms with Crippen molar-refractivity contribution in [2.45, 2.75) is 70.0 Å². The highest BCUT2D eigenvalue weighted by atomic mass is 32.2. The molecule has 18 heavy (non-hydrogen) atoms. The van der Waals surface area contributed by atoms with Crippen molar-refractivity contribution >= 4 is 28.6 Å². The fraction of sp³-hybridized carbons (Fsp3) is 0.929. The first-order chi connectivity index (χ1) is 8.72. The normalized spacial score (nSPS) is 13.9. The quantitative estimate of drug-likeness (QED) is 0.231. The molecule has 0 N–H and O–H groups in total. The van der Waals surface area contributed by atoms with Crippen LogP contribution in [0.15, 0.2) is 4.99 Å². The first-order valence-corrected chi connectivity index (χ1v) is 9.11. The molecule has 2 unspecified atom stereocenters. The van der Waals surface area contributed by atoms with Crippen LogP contribution < -0.4 is 0 Å². The second kappa shape index (κ2) is 13.5. The van der Waals surface area contributed by atoms with Crippen molar-refractivity contribution in [3.05, 3.63) is 0 Å². The standard InChI is InChI=1S/C14H27NOS2/c1-3-14(18(2)16)11-9-7-5-4-6-8-10-12-15-13-17/h14H,3-12H2,1-2H3. The molecule has 0 amide bonds. The highest BCUT2D eigenvalue weighted by Crippen LogP contribution is 2.15. The molecular weight excluding hydrogens is 262 g/mol. The lowest BCUT2D eigenvalue weighted by Gasteiger charge is -2.16. The van der Waals surface area contributed by atoms with E-state index in [1.54, 1.807) is 0 Å². The summed E-state index contributed by atoms with van der Waals surface area (Å²) < 4.78 is 11.4. The Hall–Kier alpha value is 0.110. The number of nitrogens with zero attached hydrogens (tertiary/aromatic N) is 1. The predicted octanol–water partition coefficient (Wildman–Crippen LogP) is 4.37. The van der Waals surface area contributed by atoms with Gasteiger partial charge in [0.1, 0.15) is 5.25 Å². The molecule has 106 valence electrons. The minimum Gasteiger partial charge on any atom is -0.616 e. The van der Waals surface area contributed by atoms with Crippen LogP contribution in [0.2, 0.25) is 0 Å². The summed E-state index contributed by atoms with van der Waals surface area (Å²) in [5, 5.41) is 2.81. The van der Waals surface area contributed by atoms with Gasteiger partial charge < -0.3 is 4.55 Å². The molecule has 0 aromatic carbocycles. The van der Waals surface area contributed by atoms with Gasteiger partial charge in [0, 0.05) is 6.54 Å². The summed E-state index contributed by atoms with van der Waals surface area (Å²) in [5.41, 5.74) is 0. The van der Waals surface area contributed by atoms with Crippen molar-refractivity contribution in [1.82, 2.24) is 0 Å². The molecule has 0 bridgehead atoms. The van der Waals surface area contributed by atoms with Crippen LogP contribution in [0.3, 0.4) is 0 Å². The van der Waals surface area contributed by atoms with E-state index >= 15 is 0 Å². The van der Waals surface area contributed by atoms with Gasteiger partial charge in [-0.2, -0.15) is 0 Å². The van der Waals surface area contributed by atoms with Crippen LogP contribution in [0, 0.1) is 0 Å². The van der Waals surface area contributed by atoms with Crippen LogP contribution in [-0.4, -0.2) is 27.8 Å². The molecule has 0 aliphatic rings. The van der Waals surface area contributed by atoms with Crippen molar-refractivity contribution in [2.75, 3.05) is 12.8 Å². The van der Waals surface area contributed by atoms with E-state index in [1.165, 1.54) is 38.5 Å². The lowest BCUT2D eigenvalue weighted by Crippen LogP contribution is -2.18. The van der Waals surface area contributed by atoms with Gasteiger partial charge in [0.05, 0.1) is 11.4 Å². The first-order valence-electron chi connectivity index (χ1n) is 7.08. The smallest absolute Gasteiger partial charge is 0.115 e. The largest absolute Gasteiger partial charge is 0.616 e. The SMILES string of the molecule is CCC(CCCCCCCCCN=C=S)[S+](C)[O-]. The van der Waals surface area contributed by atoms with Gasteiger partial charge in [0.15, 0.2) is 0 Å². The summed E-state index contributed by atoms with van der Waals surface area (Å²) >= 11 is 3.87. The second-order valence-electron chi connectivity index (χ2n) is 4.77. The van der Waals surface area contributed by atoms with Gasteiger partial charge in [-0.25, -0.2) is 4.99 Å². The number of rotatable bonds is 12. The molecule has 0 aliphatic carbocycles. The minimum absolute atomic E-state index is 0.414. The lowest BCUT2D eigenvalue weighted by molar-refractivity contribution is 0.538. The lowest BCUT2D eigenvalue weighted by atomic mass is 10.1. The Balaban J connectivity index is 3.22. The molecule has 0 heterocycles. The van der Waals surface area contributed by atoms with Crippen molar-refractivity contribution in [1.29, 1.82) is 0 Å². The van der Waals surface area contributed by atoms with E-state index in [0.717, 1.165) is 25.8 Å². The zero-order chi connectivity index (χ0) is 13.6. The summed E-state index contributed by atoms with van der Waals surface area (Å²) in [7, 11) is 0. The maximum absolute atomic E-state index is 11.4. The average molecular weight is 290 g/mol. The van der Waals surface area contributed by atoms with Gasteiger partial charge in [0.2, 0.25) is 0 Å². The number of thiocarbonyl (C=S) groups is 1. The number of aliphatic imine (C=N–C) groups is 1. The van der Waals surface area contributed by atoms with Crippen molar-refractivity contribution in [3.63, 3.8) is 0 Å². The Labute approximate surface area is 121 Å². The number of isothiocyanates is 1. The molecule has 0 saturated carbocycles. The topological polar surface area (TPSA) is 35.4 Å². The van der Waals surface area contributed by atoms with Gasteiger partial charge in [-0.15, -0.1) is 0 Å². The summed E-state index contributed by atoms with van der Waals surface area (Å²) in [4.78, 5) is 3.90. The Morgan fingerprint density at radius 1 is 1.11 bits per heavy atom. The van der Waals surface area contributed by atoms with E-state index in [0.29, 0.717) is 5.25 Å². The molecule has 0 saturated heterocycles. The molecule has 2 nitrogen and oxygen atoms in total. The fourth-order valence-corrected chi connectivity index (χ4v) is 3.16. The summed E-state index contributed by atoms with van der Waals surface area (Å²) in [6, 6.07) is 0. The Morgan fingerprint density at radius 2 is 1.67 bits per heavy atom. The first kappa shape index (κ1) is 18.1. The maximum Gasteiger partial charge on any atom is 0.115 e. The second-order valence-corrected chi connectivity index (χ2v) is 6.61. The van der Waals surface area contributed by atoms with Gasteiger partial charge >= 0.3 is 0 Å². The van der Waals surface area contributed by atoms with Crippen LogP contribution in [0.1, 0.15) is 64.7 Å². The van der Waals surface area contributed by atoms with E-state index < -0.39 is 11.2 Å². The third-order valence-electron chi connectivity index (χ3n) is 3.29. The molecule has 0 aromatic rings. The molecule has 4 heteroatoms. The zero-order valence-corrected chi connectivity index (χ0v) is 13.5. The van der Waals surface area contributed by atoms with E-state index in [4.69, 9.17) is 0 Å². The maximum atomic E-state index is 11.4. The number of hydrogen-bond acceptors (Lipinski definition) is 3. The molecule has 0 aromatic heterocycles. The minimum atomic E-state index is -0.642. The molecule has 0 aliphatic heterocycles. The molecular formula is C14H27NOS2. The summed E-state index contributed by atoms with van der Waals surface area (Å²) in [6.45, 7) is 2.97. The third-order valence-corrected chi connectivity index (χ3v) is 4.92. The van der Waals surface area contributed by atoms with Gasteiger partial charge in [0.25, 0.3) is 0 Å². The van der Waals surface area contributed by atoms with Crippen molar-refractivity contribution in [3.8, 4) is 0 Å². The van der Waals surface area contributed by atoms with Crippen molar-refractivity contribution < 1.29 is 4.55 Å². The van der Waals surface area contributed by atoms with Gasteiger partial charge in [-0.3, -0.25) is 0 Å². The molecule has 0 rings (SSSR count). The average Bonchev–Trinajstić information content (AvgIpc) is 2.35. The van der Waals surface area contributed by atoms with Crippen LogP contribution in [0.4, 0.5) is 0 Å². The Bertz CT molecular complexity index is 228.